The average molecular weight is 385 g/mol. The molecule has 1 amide bonds. The molecule has 0 saturated carbocycles. The van der Waals surface area contributed by atoms with Gasteiger partial charge in [0.2, 0.25) is 0 Å². The Bertz CT molecular complexity index is 790. The Kier molecular flexibility index (Phi) is 6.31. The minimum Gasteiger partial charge on any atom is -0.484 e. The lowest BCUT2D eigenvalue weighted by Crippen LogP contribution is -2.21. The number of rotatable bonds is 7. The Balaban J connectivity index is 2.06. The minimum atomic E-state index is -0.749. The van der Waals surface area contributed by atoms with Crippen molar-refractivity contribution in [3.8, 4) is 5.75 Å². The second-order valence-electron chi connectivity index (χ2n) is 4.60. The average Bonchev–Trinajstić information content (AvgIpc) is 2.99. The zero-order valence-corrected chi connectivity index (χ0v) is 14.6. The molecule has 0 spiro atoms. The molecule has 132 valence electrons. The largest absolute Gasteiger partial charge is 0.484 e. The summed E-state index contributed by atoms with van der Waals surface area (Å²) in [6.45, 7) is 1.38. The molecular formula is C15H13ClN2O6S. The van der Waals surface area contributed by atoms with Crippen molar-refractivity contribution in [2.24, 2.45) is 0 Å². The Morgan fingerprint density at radius 1 is 1.32 bits per heavy atom. The molecule has 1 N–H and O–H groups in total. The third-order valence-electron chi connectivity index (χ3n) is 2.83. The summed E-state index contributed by atoms with van der Waals surface area (Å²) in [4.78, 5) is 34.1. The summed E-state index contributed by atoms with van der Waals surface area (Å²) < 4.78 is 10.1. The number of nitrogens with zero attached hydrogens (tertiary/aromatic N) is 1. The van der Waals surface area contributed by atoms with E-state index in [0.717, 1.165) is 6.07 Å². The Morgan fingerprint density at radius 3 is 2.60 bits per heavy atom. The number of nitro groups is 1. The number of halogens is 1. The smallest absolute Gasteiger partial charge is 0.341 e. The van der Waals surface area contributed by atoms with Crippen LogP contribution < -0.4 is 10.1 Å². The van der Waals surface area contributed by atoms with E-state index in [-0.39, 0.29) is 28.8 Å². The third-order valence-corrected chi connectivity index (χ3v) is 4.09. The van der Waals surface area contributed by atoms with Gasteiger partial charge in [0.05, 0.1) is 11.5 Å². The SMILES string of the molecule is CCOC(=O)c1cc([N+](=O)[O-])sc1NC(=O)COc1ccc(Cl)cc1. The molecule has 8 nitrogen and oxygen atoms in total. The number of benzene rings is 1. The van der Waals surface area contributed by atoms with E-state index in [1.807, 2.05) is 0 Å². The molecule has 1 heterocycles. The fraction of sp³-hybridized carbons (Fsp3) is 0.200. The Morgan fingerprint density at radius 2 is 2.00 bits per heavy atom. The number of carbonyl (C=O) groups is 2. The van der Waals surface area contributed by atoms with Gasteiger partial charge in [-0.2, -0.15) is 0 Å². The molecule has 10 heteroatoms. The van der Waals surface area contributed by atoms with Crippen LogP contribution in [0.1, 0.15) is 17.3 Å². The molecule has 0 aliphatic rings. The first-order valence-electron chi connectivity index (χ1n) is 7.04. The molecule has 0 fully saturated rings. The molecule has 0 radical (unpaired) electrons. The lowest BCUT2D eigenvalue weighted by atomic mass is 10.3. The van der Waals surface area contributed by atoms with Crippen LogP contribution in [0.5, 0.6) is 5.75 Å². The van der Waals surface area contributed by atoms with Crippen LogP contribution in [-0.4, -0.2) is 30.0 Å². The maximum atomic E-state index is 12.0. The zero-order chi connectivity index (χ0) is 18.4. The summed E-state index contributed by atoms with van der Waals surface area (Å²) in [5, 5.41) is 13.6. The van der Waals surface area contributed by atoms with Crippen molar-refractivity contribution < 1.29 is 24.0 Å². The number of anilines is 1. The number of carbonyl (C=O) groups excluding carboxylic acids is 2. The van der Waals surface area contributed by atoms with Gasteiger partial charge in [-0.1, -0.05) is 11.6 Å². The van der Waals surface area contributed by atoms with E-state index < -0.39 is 16.8 Å². The van der Waals surface area contributed by atoms with Gasteiger partial charge in [0.1, 0.15) is 16.3 Å². The molecule has 0 unspecified atom stereocenters. The lowest BCUT2D eigenvalue weighted by Gasteiger charge is -2.07. The fourth-order valence-electron chi connectivity index (χ4n) is 1.76. The van der Waals surface area contributed by atoms with Crippen LogP contribution in [0.3, 0.4) is 0 Å². The Hall–Kier alpha value is -2.65. The van der Waals surface area contributed by atoms with Crippen molar-refractivity contribution in [2.75, 3.05) is 18.5 Å². The van der Waals surface area contributed by atoms with Gasteiger partial charge in [0.15, 0.2) is 6.61 Å². The van der Waals surface area contributed by atoms with Gasteiger partial charge in [-0.05, 0) is 42.5 Å². The Labute approximate surface area is 151 Å². The summed E-state index contributed by atoms with van der Waals surface area (Å²) in [6.07, 6.45) is 0. The molecule has 2 aromatic rings. The molecule has 1 aromatic heterocycles. The quantitative estimate of drug-likeness (QED) is 0.444. The number of nitrogens with one attached hydrogen (secondary N) is 1. The third kappa shape index (κ3) is 5.16. The van der Waals surface area contributed by atoms with Crippen molar-refractivity contribution >= 4 is 44.8 Å². The highest BCUT2D eigenvalue weighted by molar-refractivity contribution is 7.19. The van der Waals surface area contributed by atoms with Crippen LogP contribution in [-0.2, 0) is 9.53 Å². The van der Waals surface area contributed by atoms with E-state index in [1.54, 1.807) is 31.2 Å². The summed E-state index contributed by atoms with van der Waals surface area (Å²) in [5.41, 5.74) is -0.0709. The number of hydrogen-bond acceptors (Lipinski definition) is 7. The number of ether oxygens (including phenoxy) is 2. The van der Waals surface area contributed by atoms with Crippen molar-refractivity contribution in [1.82, 2.24) is 0 Å². The second kappa shape index (κ2) is 8.45. The van der Waals surface area contributed by atoms with Crippen molar-refractivity contribution in [3.05, 3.63) is 51.0 Å². The van der Waals surface area contributed by atoms with Crippen LogP contribution >= 0.6 is 22.9 Å². The van der Waals surface area contributed by atoms with Crippen LogP contribution in [0.4, 0.5) is 10.0 Å². The maximum absolute atomic E-state index is 12.0. The van der Waals surface area contributed by atoms with Crippen LogP contribution in [0.2, 0.25) is 5.02 Å². The topological polar surface area (TPSA) is 108 Å². The normalized spacial score (nSPS) is 10.2. The maximum Gasteiger partial charge on any atom is 0.341 e. The molecule has 25 heavy (non-hydrogen) atoms. The van der Waals surface area contributed by atoms with E-state index in [9.17, 15) is 19.7 Å². The summed E-state index contributed by atoms with van der Waals surface area (Å²) >= 11 is 6.42. The van der Waals surface area contributed by atoms with Gasteiger partial charge in [0, 0.05) is 11.1 Å². The zero-order valence-electron chi connectivity index (χ0n) is 13.0. The number of thiophene rings is 1. The molecule has 0 aliphatic carbocycles. The first-order valence-corrected chi connectivity index (χ1v) is 8.23. The monoisotopic (exact) mass is 384 g/mol. The van der Waals surface area contributed by atoms with Crippen LogP contribution in [0.15, 0.2) is 30.3 Å². The predicted molar refractivity (Wildman–Crippen MR) is 92.5 cm³/mol. The molecule has 1 aromatic carbocycles. The number of amides is 1. The highest BCUT2D eigenvalue weighted by atomic mass is 35.5. The highest BCUT2D eigenvalue weighted by Gasteiger charge is 2.24. The first-order chi connectivity index (χ1) is 11.9. The van der Waals surface area contributed by atoms with Gasteiger partial charge in [-0.25, -0.2) is 4.79 Å². The van der Waals surface area contributed by atoms with Crippen LogP contribution in [0, 0.1) is 10.1 Å². The summed E-state index contributed by atoms with van der Waals surface area (Å²) in [7, 11) is 0. The molecule has 2 rings (SSSR count). The van der Waals surface area contributed by atoms with Crippen molar-refractivity contribution in [2.45, 2.75) is 6.92 Å². The first kappa shape index (κ1) is 18.7. The predicted octanol–water partition coefficient (Wildman–Crippen LogP) is 3.50. The summed E-state index contributed by atoms with van der Waals surface area (Å²) in [5.74, 6) is -0.889. The molecule has 0 aliphatic heterocycles. The minimum absolute atomic E-state index is 0.0369. The number of esters is 1. The number of hydrogen-bond donors (Lipinski definition) is 1. The van der Waals surface area contributed by atoms with E-state index >= 15 is 0 Å². The standard InChI is InChI=1S/C15H13ClN2O6S/c1-2-23-15(20)11-7-13(18(21)22)25-14(11)17-12(19)8-24-10-5-3-9(16)4-6-10/h3-7H,2,8H2,1H3,(H,17,19). The van der Waals surface area contributed by atoms with Gasteiger partial charge in [0.25, 0.3) is 5.91 Å². The lowest BCUT2D eigenvalue weighted by molar-refractivity contribution is -0.380. The fourth-order valence-corrected chi connectivity index (χ4v) is 2.77. The molecule has 0 bridgehead atoms. The van der Waals surface area contributed by atoms with Crippen LogP contribution in [0.25, 0.3) is 0 Å². The van der Waals surface area contributed by atoms with E-state index in [2.05, 4.69) is 5.32 Å². The van der Waals surface area contributed by atoms with Gasteiger partial charge in [-0.3, -0.25) is 14.9 Å². The molecule has 0 atom stereocenters. The van der Waals surface area contributed by atoms with Gasteiger partial charge < -0.3 is 14.8 Å². The van der Waals surface area contributed by atoms with E-state index in [0.29, 0.717) is 22.1 Å². The summed E-state index contributed by atoms with van der Waals surface area (Å²) in [6, 6.07) is 7.47. The van der Waals surface area contributed by atoms with E-state index in [4.69, 9.17) is 21.1 Å². The van der Waals surface area contributed by atoms with Gasteiger partial charge in [-0.15, -0.1) is 0 Å². The van der Waals surface area contributed by atoms with E-state index in [1.165, 1.54) is 0 Å². The highest BCUT2D eigenvalue weighted by Crippen LogP contribution is 2.34. The molecular weight excluding hydrogens is 372 g/mol. The molecule has 0 saturated heterocycles. The van der Waals surface area contributed by atoms with Crippen molar-refractivity contribution in [1.29, 1.82) is 0 Å². The van der Waals surface area contributed by atoms with Crippen molar-refractivity contribution in [3.63, 3.8) is 0 Å². The van der Waals surface area contributed by atoms with Gasteiger partial charge >= 0.3 is 11.0 Å². The second-order valence-corrected chi connectivity index (χ2v) is 6.06.